The predicted octanol–water partition coefficient (Wildman–Crippen LogP) is 2.45. The minimum absolute atomic E-state index is 0.487. The minimum atomic E-state index is 0.487. The van der Waals surface area contributed by atoms with E-state index in [1.54, 1.807) is 7.11 Å². The fourth-order valence-electron chi connectivity index (χ4n) is 2.65. The Balaban J connectivity index is 1.83. The molecule has 1 fully saturated rings. The lowest BCUT2D eigenvalue weighted by molar-refractivity contribution is 0.171. The molecule has 1 saturated carbocycles. The van der Waals surface area contributed by atoms with E-state index in [9.17, 15) is 0 Å². The van der Waals surface area contributed by atoms with Crippen molar-refractivity contribution in [3.63, 3.8) is 0 Å². The fraction of sp³-hybridized carbons (Fsp3) is 0.800. The summed E-state index contributed by atoms with van der Waals surface area (Å²) in [5.74, 6) is 0.487. The van der Waals surface area contributed by atoms with Gasteiger partial charge in [0.2, 0.25) is 0 Å². The number of nitrogens with one attached hydrogen (secondary N) is 1. The summed E-state index contributed by atoms with van der Waals surface area (Å²) in [4.78, 5) is 0. The summed E-state index contributed by atoms with van der Waals surface area (Å²) in [7, 11) is 3.78. The van der Waals surface area contributed by atoms with Gasteiger partial charge in [0.25, 0.3) is 0 Å². The Hall–Kier alpha value is -0.870. The summed E-state index contributed by atoms with van der Waals surface area (Å²) in [5.41, 5.74) is 3.06. The number of hydrogen-bond acceptors (Lipinski definition) is 3. The molecule has 0 unspecified atom stereocenters. The van der Waals surface area contributed by atoms with Crippen LogP contribution in [0.3, 0.4) is 0 Å². The van der Waals surface area contributed by atoms with Crippen molar-refractivity contribution >= 4 is 0 Å². The zero-order valence-corrected chi connectivity index (χ0v) is 12.7. The van der Waals surface area contributed by atoms with Gasteiger partial charge < -0.3 is 10.1 Å². The minimum Gasteiger partial charge on any atom is -0.385 e. The Morgan fingerprint density at radius 1 is 1.47 bits per heavy atom. The van der Waals surface area contributed by atoms with Crippen LogP contribution in [0.25, 0.3) is 0 Å². The quantitative estimate of drug-likeness (QED) is 0.784. The van der Waals surface area contributed by atoms with Crippen molar-refractivity contribution in [3.05, 3.63) is 17.5 Å². The van der Waals surface area contributed by atoms with E-state index in [1.807, 2.05) is 11.7 Å². The Morgan fingerprint density at radius 3 is 2.79 bits per heavy atom. The number of hydrogen-bond donors (Lipinski definition) is 1. The second-order valence-corrected chi connectivity index (χ2v) is 6.21. The summed E-state index contributed by atoms with van der Waals surface area (Å²) >= 11 is 0. The van der Waals surface area contributed by atoms with Gasteiger partial charge in [-0.2, -0.15) is 5.10 Å². The lowest BCUT2D eigenvalue weighted by Gasteiger charge is -2.15. The van der Waals surface area contributed by atoms with Crippen molar-refractivity contribution in [1.29, 1.82) is 0 Å². The van der Waals surface area contributed by atoms with Gasteiger partial charge in [-0.15, -0.1) is 0 Å². The van der Waals surface area contributed by atoms with Crippen molar-refractivity contribution in [2.45, 2.75) is 45.6 Å². The molecule has 1 aliphatic rings. The molecule has 0 aromatic carbocycles. The maximum atomic E-state index is 5.20. The average Bonchev–Trinajstić information content (AvgIpc) is 3.03. The molecule has 0 atom stereocenters. The Labute approximate surface area is 116 Å². The number of aryl methyl sites for hydroxylation is 1. The van der Waals surface area contributed by atoms with Gasteiger partial charge in [-0.05, 0) is 30.6 Å². The topological polar surface area (TPSA) is 39.1 Å². The van der Waals surface area contributed by atoms with Crippen molar-refractivity contribution in [3.8, 4) is 0 Å². The first-order valence-corrected chi connectivity index (χ1v) is 7.28. The first-order chi connectivity index (χ1) is 9.06. The van der Waals surface area contributed by atoms with Crippen molar-refractivity contribution in [2.24, 2.45) is 12.5 Å². The Morgan fingerprint density at radius 2 is 2.21 bits per heavy atom. The van der Waals surface area contributed by atoms with Crippen LogP contribution >= 0.6 is 0 Å². The molecule has 0 spiro atoms. The molecule has 1 aromatic heterocycles. The maximum absolute atomic E-state index is 5.20. The first kappa shape index (κ1) is 14.5. The van der Waals surface area contributed by atoms with Gasteiger partial charge in [-0.25, -0.2) is 0 Å². The van der Waals surface area contributed by atoms with Crippen LogP contribution in [-0.2, 0) is 18.3 Å². The van der Waals surface area contributed by atoms with Crippen LogP contribution < -0.4 is 5.32 Å². The Bertz CT molecular complexity index is 408. The second-order valence-electron chi connectivity index (χ2n) is 6.21. The van der Waals surface area contributed by atoms with Crippen LogP contribution in [0.1, 0.15) is 50.3 Å². The summed E-state index contributed by atoms with van der Waals surface area (Å²) in [6, 6.07) is 0. The van der Waals surface area contributed by atoms with Crippen molar-refractivity contribution < 1.29 is 4.74 Å². The van der Waals surface area contributed by atoms with Crippen LogP contribution in [0, 0.1) is 5.41 Å². The van der Waals surface area contributed by atoms with E-state index in [-0.39, 0.29) is 0 Å². The molecule has 4 heteroatoms. The SMILES string of the molecule is COCCC1(CNCc2cn(C)nc2C(C)C)CC1. The molecule has 0 aliphatic heterocycles. The van der Waals surface area contributed by atoms with Crippen LogP contribution in [-0.4, -0.2) is 30.0 Å². The lowest BCUT2D eigenvalue weighted by atomic mass is 10.0. The highest BCUT2D eigenvalue weighted by Crippen LogP contribution is 2.48. The van der Waals surface area contributed by atoms with E-state index in [0.29, 0.717) is 11.3 Å². The van der Waals surface area contributed by atoms with Gasteiger partial charge in [-0.1, -0.05) is 13.8 Å². The van der Waals surface area contributed by atoms with E-state index >= 15 is 0 Å². The molecule has 1 aromatic rings. The van der Waals surface area contributed by atoms with E-state index in [2.05, 4.69) is 30.5 Å². The van der Waals surface area contributed by atoms with Gasteiger partial charge in [0, 0.05) is 45.6 Å². The van der Waals surface area contributed by atoms with Gasteiger partial charge >= 0.3 is 0 Å². The van der Waals surface area contributed by atoms with E-state index < -0.39 is 0 Å². The van der Waals surface area contributed by atoms with Gasteiger partial charge in [0.05, 0.1) is 5.69 Å². The molecule has 19 heavy (non-hydrogen) atoms. The van der Waals surface area contributed by atoms with E-state index in [4.69, 9.17) is 4.74 Å². The zero-order valence-electron chi connectivity index (χ0n) is 12.7. The largest absolute Gasteiger partial charge is 0.385 e. The lowest BCUT2D eigenvalue weighted by Crippen LogP contribution is -2.25. The third-order valence-corrected chi connectivity index (χ3v) is 4.09. The van der Waals surface area contributed by atoms with Crippen molar-refractivity contribution in [1.82, 2.24) is 15.1 Å². The molecular formula is C15H27N3O. The first-order valence-electron chi connectivity index (χ1n) is 7.28. The summed E-state index contributed by atoms with van der Waals surface area (Å²) in [6.45, 7) is 7.31. The fourth-order valence-corrected chi connectivity index (χ4v) is 2.65. The van der Waals surface area contributed by atoms with Crippen LogP contribution in [0.5, 0.6) is 0 Å². The second kappa shape index (κ2) is 6.06. The van der Waals surface area contributed by atoms with Gasteiger partial charge in [0.1, 0.15) is 0 Å². The van der Waals surface area contributed by atoms with Crippen LogP contribution in [0.4, 0.5) is 0 Å². The van der Waals surface area contributed by atoms with Crippen LogP contribution in [0.2, 0.25) is 0 Å². The number of aromatic nitrogens is 2. The number of ether oxygens (including phenoxy) is 1. The summed E-state index contributed by atoms with van der Waals surface area (Å²) < 4.78 is 7.12. The molecule has 1 N–H and O–H groups in total. The molecule has 0 radical (unpaired) electrons. The zero-order chi connectivity index (χ0) is 13.9. The highest BCUT2D eigenvalue weighted by Gasteiger charge is 2.41. The van der Waals surface area contributed by atoms with Gasteiger partial charge in [-0.3, -0.25) is 4.68 Å². The molecule has 0 amide bonds. The number of rotatable bonds is 8. The molecule has 0 saturated heterocycles. The van der Waals surface area contributed by atoms with Crippen molar-refractivity contribution in [2.75, 3.05) is 20.3 Å². The standard InChI is InChI=1S/C15H27N3O/c1-12(2)14-13(10-18(3)17-14)9-16-11-15(5-6-15)7-8-19-4/h10,12,16H,5-9,11H2,1-4H3. The molecule has 108 valence electrons. The maximum Gasteiger partial charge on any atom is 0.0694 e. The normalized spacial score (nSPS) is 17.1. The number of methoxy groups -OCH3 is 1. The van der Waals surface area contributed by atoms with E-state index in [0.717, 1.165) is 19.7 Å². The molecule has 0 bridgehead atoms. The number of nitrogens with zero attached hydrogens (tertiary/aromatic N) is 2. The smallest absolute Gasteiger partial charge is 0.0694 e. The van der Waals surface area contributed by atoms with Crippen LogP contribution in [0.15, 0.2) is 6.20 Å². The molecular weight excluding hydrogens is 238 g/mol. The monoisotopic (exact) mass is 265 g/mol. The highest BCUT2D eigenvalue weighted by molar-refractivity contribution is 5.20. The van der Waals surface area contributed by atoms with E-state index in [1.165, 1.54) is 30.5 Å². The average molecular weight is 265 g/mol. The molecule has 4 nitrogen and oxygen atoms in total. The third-order valence-electron chi connectivity index (χ3n) is 4.09. The highest BCUT2D eigenvalue weighted by atomic mass is 16.5. The molecule has 1 aliphatic carbocycles. The molecule has 1 heterocycles. The predicted molar refractivity (Wildman–Crippen MR) is 77.2 cm³/mol. The Kier molecular flexibility index (Phi) is 4.63. The van der Waals surface area contributed by atoms with Gasteiger partial charge in [0.15, 0.2) is 0 Å². The molecule has 2 rings (SSSR count). The summed E-state index contributed by atoms with van der Waals surface area (Å²) in [6.07, 6.45) is 6.00. The third kappa shape index (κ3) is 3.80. The summed E-state index contributed by atoms with van der Waals surface area (Å²) in [5, 5.41) is 8.16.